The first kappa shape index (κ1) is 18.2. The lowest BCUT2D eigenvalue weighted by atomic mass is 10.2. The van der Waals surface area contributed by atoms with Crippen LogP contribution in [0.4, 0.5) is 10.1 Å². The van der Waals surface area contributed by atoms with Crippen molar-refractivity contribution < 1.29 is 13.9 Å². The number of nitrogens with zero attached hydrogens (tertiary/aromatic N) is 1. The Morgan fingerprint density at radius 1 is 1.08 bits per heavy atom. The van der Waals surface area contributed by atoms with Gasteiger partial charge in [0.15, 0.2) is 0 Å². The highest BCUT2D eigenvalue weighted by atomic mass is 35.5. The number of pyridine rings is 1. The highest BCUT2D eigenvalue weighted by Gasteiger charge is 2.13. The maximum atomic E-state index is 13.2. The minimum Gasteiger partial charge on any atom is -0.489 e. The normalized spacial score (nSPS) is 10.4. The van der Waals surface area contributed by atoms with Gasteiger partial charge in [0.25, 0.3) is 5.91 Å². The van der Waals surface area contributed by atoms with Crippen molar-refractivity contribution in [3.63, 3.8) is 0 Å². The number of carbonyl (C=O) groups is 1. The van der Waals surface area contributed by atoms with E-state index in [4.69, 9.17) is 27.9 Å². The number of benzene rings is 2. The fourth-order valence-electron chi connectivity index (χ4n) is 2.23. The first-order valence-electron chi connectivity index (χ1n) is 7.62. The van der Waals surface area contributed by atoms with Gasteiger partial charge in [-0.15, -0.1) is 0 Å². The van der Waals surface area contributed by atoms with Crippen molar-refractivity contribution in [1.82, 2.24) is 4.98 Å². The van der Waals surface area contributed by atoms with E-state index in [0.717, 1.165) is 5.56 Å². The van der Waals surface area contributed by atoms with Crippen LogP contribution in [0.25, 0.3) is 0 Å². The monoisotopic (exact) mass is 390 g/mol. The number of amides is 1. The molecular weight excluding hydrogens is 378 g/mol. The molecule has 0 fully saturated rings. The molecule has 0 atom stereocenters. The Morgan fingerprint density at radius 2 is 1.88 bits per heavy atom. The molecule has 7 heteroatoms. The van der Waals surface area contributed by atoms with Gasteiger partial charge >= 0.3 is 0 Å². The van der Waals surface area contributed by atoms with Crippen LogP contribution in [0.5, 0.6) is 5.75 Å². The van der Waals surface area contributed by atoms with Crippen molar-refractivity contribution in [2.45, 2.75) is 6.61 Å². The summed E-state index contributed by atoms with van der Waals surface area (Å²) in [6.45, 7) is 0.226. The summed E-state index contributed by atoms with van der Waals surface area (Å²) in [5.74, 6) is -0.413. The van der Waals surface area contributed by atoms with Crippen molar-refractivity contribution in [2.75, 3.05) is 5.32 Å². The summed E-state index contributed by atoms with van der Waals surface area (Å²) >= 11 is 11.8. The maximum absolute atomic E-state index is 13.2. The summed E-state index contributed by atoms with van der Waals surface area (Å²) in [6, 6.07) is 16.0. The van der Waals surface area contributed by atoms with E-state index >= 15 is 0 Å². The van der Waals surface area contributed by atoms with Gasteiger partial charge in [-0.25, -0.2) is 9.37 Å². The average Bonchev–Trinajstić information content (AvgIpc) is 2.62. The lowest BCUT2D eigenvalue weighted by Gasteiger charge is -2.10. The molecule has 4 nitrogen and oxygen atoms in total. The molecule has 0 aliphatic rings. The van der Waals surface area contributed by atoms with Gasteiger partial charge in [-0.1, -0.05) is 41.4 Å². The van der Waals surface area contributed by atoms with Gasteiger partial charge in [0, 0.05) is 11.8 Å². The van der Waals surface area contributed by atoms with Crippen LogP contribution >= 0.6 is 23.2 Å². The van der Waals surface area contributed by atoms with E-state index in [2.05, 4.69) is 10.3 Å². The molecule has 26 heavy (non-hydrogen) atoms. The molecule has 0 spiro atoms. The number of aromatic nitrogens is 1. The van der Waals surface area contributed by atoms with E-state index in [1.807, 2.05) is 6.07 Å². The Morgan fingerprint density at radius 3 is 2.69 bits per heavy atom. The van der Waals surface area contributed by atoms with Crippen LogP contribution < -0.4 is 10.1 Å². The second kappa shape index (κ2) is 8.17. The number of rotatable bonds is 5. The van der Waals surface area contributed by atoms with Crippen molar-refractivity contribution in [3.05, 3.63) is 87.9 Å². The third-order valence-corrected chi connectivity index (χ3v) is 3.93. The topological polar surface area (TPSA) is 51.2 Å². The standard InChI is InChI=1S/C19H13Cl2FN2O2/c20-16-7-8-17(21)24-18(16)19(25)23-14-5-1-3-12(9-14)11-26-15-6-2-4-13(22)10-15/h1-10H,11H2,(H,23,25). The maximum Gasteiger partial charge on any atom is 0.275 e. The van der Waals surface area contributed by atoms with Crippen LogP contribution in [0, 0.1) is 5.82 Å². The number of carbonyl (C=O) groups excluding carboxylic acids is 1. The number of hydrogen-bond acceptors (Lipinski definition) is 3. The molecule has 1 heterocycles. The zero-order valence-corrected chi connectivity index (χ0v) is 14.9. The van der Waals surface area contributed by atoms with Gasteiger partial charge in [-0.05, 0) is 42.0 Å². The summed E-state index contributed by atoms with van der Waals surface area (Å²) in [5, 5.41) is 3.10. The van der Waals surface area contributed by atoms with Crippen molar-refractivity contribution >= 4 is 34.8 Å². The predicted octanol–water partition coefficient (Wildman–Crippen LogP) is 5.36. The number of hydrogen-bond donors (Lipinski definition) is 1. The van der Waals surface area contributed by atoms with E-state index in [9.17, 15) is 9.18 Å². The van der Waals surface area contributed by atoms with E-state index in [1.54, 1.807) is 30.3 Å². The van der Waals surface area contributed by atoms with Crippen molar-refractivity contribution in [2.24, 2.45) is 0 Å². The summed E-state index contributed by atoms with van der Waals surface area (Å²) in [5.41, 5.74) is 1.39. The Balaban J connectivity index is 1.69. The Labute approximate surface area is 159 Å². The van der Waals surface area contributed by atoms with Gasteiger partial charge in [-0.3, -0.25) is 4.79 Å². The molecule has 0 bridgehead atoms. The van der Waals surface area contributed by atoms with Crippen molar-refractivity contribution in [3.8, 4) is 5.75 Å². The molecule has 0 unspecified atom stereocenters. The number of halogens is 3. The second-order valence-corrected chi connectivity index (χ2v) is 6.16. The quantitative estimate of drug-likeness (QED) is 0.596. The number of anilines is 1. The molecule has 2 aromatic carbocycles. The van der Waals surface area contributed by atoms with Gasteiger partial charge in [0.05, 0.1) is 5.02 Å². The second-order valence-electron chi connectivity index (χ2n) is 5.36. The highest BCUT2D eigenvalue weighted by Crippen LogP contribution is 2.20. The van der Waals surface area contributed by atoms with E-state index in [0.29, 0.717) is 11.4 Å². The van der Waals surface area contributed by atoms with Gasteiger partial charge < -0.3 is 10.1 Å². The average molecular weight is 391 g/mol. The Hall–Kier alpha value is -2.63. The Kier molecular flexibility index (Phi) is 5.71. The van der Waals surface area contributed by atoms with E-state index in [-0.39, 0.29) is 28.3 Å². The van der Waals surface area contributed by atoms with Gasteiger partial charge in [0.1, 0.15) is 29.0 Å². The lowest BCUT2D eigenvalue weighted by molar-refractivity contribution is 0.102. The molecule has 0 aliphatic heterocycles. The van der Waals surface area contributed by atoms with Crippen LogP contribution in [0.1, 0.15) is 16.1 Å². The van der Waals surface area contributed by atoms with E-state index in [1.165, 1.54) is 24.3 Å². The summed E-state index contributed by atoms with van der Waals surface area (Å²) in [4.78, 5) is 16.3. The lowest BCUT2D eigenvalue weighted by Crippen LogP contribution is -2.14. The van der Waals surface area contributed by atoms with Crippen LogP contribution in [-0.2, 0) is 6.61 Å². The zero-order chi connectivity index (χ0) is 18.5. The summed E-state index contributed by atoms with van der Waals surface area (Å²) in [6.07, 6.45) is 0. The smallest absolute Gasteiger partial charge is 0.275 e. The number of nitrogens with one attached hydrogen (secondary N) is 1. The summed E-state index contributed by atoms with van der Waals surface area (Å²) < 4.78 is 18.7. The third kappa shape index (κ3) is 4.71. The number of ether oxygens (including phenoxy) is 1. The third-order valence-electron chi connectivity index (χ3n) is 3.41. The first-order chi connectivity index (χ1) is 12.5. The van der Waals surface area contributed by atoms with E-state index < -0.39 is 5.91 Å². The molecule has 0 aliphatic carbocycles. The summed E-state index contributed by atoms with van der Waals surface area (Å²) in [7, 11) is 0. The molecule has 3 rings (SSSR count). The highest BCUT2D eigenvalue weighted by molar-refractivity contribution is 6.35. The predicted molar refractivity (Wildman–Crippen MR) is 99.4 cm³/mol. The van der Waals surface area contributed by atoms with Crippen LogP contribution in [0.2, 0.25) is 10.2 Å². The SMILES string of the molecule is O=C(Nc1cccc(COc2cccc(F)c2)c1)c1nc(Cl)ccc1Cl. The largest absolute Gasteiger partial charge is 0.489 e. The molecule has 0 saturated carbocycles. The minimum atomic E-state index is -0.472. The molecular formula is C19H13Cl2FN2O2. The first-order valence-corrected chi connectivity index (χ1v) is 8.37. The van der Waals surface area contributed by atoms with Gasteiger partial charge in [-0.2, -0.15) is 0 Å². The molecule has 1 amide bonds. The fourth-order valence-corrected chi connectivity index (χ4v) is 2.57. The van der Waals surface area contributed by atoms with Gasteiger partial charge in [0.2, 0.25) is 0 Å². The molecule has 1 N–H and O–H groups in total. The minimum absolute atomic E-state index is 0.0422. The fraction of sp³-hybridized carbons (Fsp3) is 0.0526. The zero-order valence-electron chi connectivity index (χ0n) is 13.4. The van der Waals surface area contributed by atoms with Crippen LogP contribution in [0.3, 0.4) is 0 Å². The molecule has 1 aromatic heterocycles. The van der Waals surface area contributed by atoms with Crippen LogP contribution in [-0.4, -0.2) is 10.9 Å². The Bertz CT molecular complexity index is 950. The molecule has 3 aromatic rings. The molecule has 0 saturated heterocycles. The molecule has 132 valence electrons. The molecule has 0 radical (unpaired) electrons. The van der Waals surface area contributed by atoms with Crippen molar-refractivity contribution in [1.29, 1.82) is 0 Å². The van der Waals surface area contributed by atoms with Crippen LogP contribution in [0.15, 0.2) is 60.7 Å².